The van der Waals surface area contributed by atoms with Gasteiger partial charge in [0.1, 0.15) is 5.75 Å². The molecule has 2 aromatic carbocycles. The maximum atomic E-state index is 12.5. The van der Waals surface area contributed by atoms with Crippen molar-refractivity contribution < 1.29 is 9.53 Å². The van der Waals surface area contributed by atoms with Crippen LogP contribution in [0.2, 0.25) is 0 Å². The molecule has 0 fully saturated rings. The molecule has 0 aliphatic carbocycles. The number of benzene rings is 2. The first kappa shape index (κ1) is 22.1. The van der Waals surface area contributed by atoms with Crippen molar-refractivity contribution in [1.29, 1.82) is 0 Å². The van der Waals surface area contributed by atoms with Crippen LogP contribution >= 0.6 is 35.3 Å². The van der Waals surface area contributed by atoms with E-state index in [1.807, 2.05) is 53.9 Å². The zero-order chi connectivity index (χ0) is 21.5. The highest BCUT2D eigenvalue weighted by molar-refractivity contribution is 7.80. The highest BCUT2D eigenvalue weighted by atomic mass is 32.1. The van der Waals surface area contributed by atoms with Crippen molar-refractivity contribution in [2.75, 3.05) is 23.9 Å². The summed E-state index contributed by atoms with van der Waals surface area (Å²) in [6.45, 7) is 2.10. The summed E-state index contributed by atoms with van der Waals surface area (Å²) in [4.78, 5) is 17.6. The number of nitrogens with one attached hydrogen (secondary N) is 1. The maximum absolute atomic E-state index is 12.5. The van der Waals surface area contributed by atoms with Crippen LogP contribution in [0, 0.1) is 0 Å². The lowest BCUT2D eigenvalue weighted by Gasteiger charge is -2.01. The van der Waals surface area contributed by atoms with Gasteiger partial charge in [-0.05, 0) is 66.1 Å². The highest BCUT2D eigenvalue weighted by Crippen LogP contribution is 2.30. The maximum Gasteiger partial charge on any atom is 0.267 e. The van der Waals surface area contributed by atoms with Crippen molar-refractivity contribution in [3.63, 3.8) is 0 Å². The van der Waals surface area contributed by atoms with E-state index in [4.69, 9.17) is 10.5 Å². The number of thiophene rings is 1. The predicted octanol–water partition coefficient (Wildman–Crippen LogP) is 6.19. The van der Waals surface area contributed by atoms with Gasteiger partial charge in [0, 0.05) is 21.3 Å². The second-order valence-electron chi connectivity index (χ2n) is 6.35. The molecule has 0 aliphatic heterocycles. The molecule has 2 aromatic heterocycles. The third kappa shape index (κ3) is 5.53. The summed E-state index contributed by atoms with van der Waals surface area (Å²) >= 11 is 6.75. The first-order chi connectivity index (χ1) is 14.5. The number of aromatic nitrogens is 1. The molecule has 0 spiro atoms. The Labute approximate surface area is 189 Å². The number of amides is 1. The fourth-order valence-corrected chi connectivity index (χ4v) is 4.21. The fraction of sp³-hybridized carbons (Fsp3) is 0.182. The number of hydrogen-bond acceptors (Lipinski definition) is 7. The number of thiazole rings is 1. The molecule has 0 radical (unpaired) electrons. The Kier molecular flexibility index (Phi) is 7.73. The van der Waals surface area contributed by atoms with Crippen LogP contribution < -0.4 is 15.8 Å². The summed E-state index contributed by atoms with van der Waals surface area (Å²) in [7, 11) is 1.63. The number of carbonyl (C=O) groups excluding carboxylic acids is 1. The molecule has 4 aromatic rings. The fourth-order valence-electron chi connectivity index (χ4n) is 2.56. The second-order valence-corrected chi connectivity index (χ2v) is 8.74. The highest BCUT2D eigenvalue weighted by Gasteiger charge is 2.13. The molecule has 0 saturated heterocycles. The topological polar surface area (TPSA) is 77.2 Å². The summed E-state index contributed by atoms with van der Waals surface area (Å²) in [5.74, 6) is 1.64. The van der Waals surface area contributed by atoms with Crippen molar-refractivity contribution in [3.8, 4) is 17.0 Å². The Bertz CT molecular complexity index is 1120. The normalized spacial score (nSPS) is 10.4. The number of fused-ring (bicyclic) bond motifs is 1. The van der Waals surface area contributed by atoms with Gasteiger partial charge in [0.2, 0.25) is 0 Å². The number of hydrogen-bond donors (Lipinski definition) is 3. The van der Waals surface area contributed by atoms with Gasteiger partial charge in [-0.3, -0.25) is 10.1 Å². The van der Waals surface area contributed by atoms with E-state index >= 15 is 0 Å². The molecular weight excluding hydrogens is 434 g/mol. The Balaban J connectivity index is 0.000000589. The number of nitrogens with two attached hydrogens (primary N) is 1. The third-order valence-electron chi connectivity index (χ3n) is 4.10. The number of rotatable bonds is 5. The lowest BCUT2D eigenvalue weighted by atomic mass is 10.2. The van der Waals surface area contributed by atoms with Gasteiger partial charge < -0.3 is 10.5 Å². The molecule has 4 rings (SSSR count). The minimum atomic E-state index is -0.166. The number of anilines is 2. The van der Waals surface area contributed by atoms with Crippen LogP contribution in [0.25, 0.3) is 21.3 Å². The van der Waals surface area contributed by atoms with Gasteiger partial charge in [-0.15, -0.1) is 22.7 Å². The van der Waals surface area contributed by atoms with Crippen molar-refractivity contribution in [1.82, 2.24) is 4.98 Å². The molecular formula is C22H23N3O2S3. The average molecular weight is 458 g/mol. The van der Waals surface area contributed by atoms with Crippen molar-refractivity contribution in [2.45, 2.75) is 13.3 Å². The third-order valence-corrected chi connectivity index (χ3v) is 6.42. The van der Waals surface area contributed by atoms with E-state index in [1.165, 1.54) is 29.1 Å². The van der Waals surface area contributed by atoms with Gasteiger partial charge >= 0.3 is 0 Å². The quantitative estimate of drug-likeness (QED) is 0.246. The predicted molar refractivity (Wildman–Crippen MR) is 132 cm³/mol. The zero-order valence-corrected chi connectivity index (χ0v) is 19.2. The number of ether oxygens (including phenoxy) is 1. The lowest BCUT2D eigenvalue weighted by molar-refractivity contribution is 0.103. The second kappa shape index (κ2) is 10.5. The van der Waals surface area contributed by atoms with Crippen LogP contribution in [0.4, 0.5) is 10.8 Å². The van der Waals surface area contributed by atoms with Crippen LogP contribution in [0.1, 0.15) is 23.0 Å². The van der Waals surface area contributed by atoms with E-state index in [1.54, 1.807) is 7.11 Å². The Morgan fingerprint density at radius 3 is 2.60 bits per heavy atom. The molecule has 0 bridgehead atoms. The largest absolute Gasteiger partial charge is 0.497 e. The number of thiol groups is 1. The standard InChI is InChI=1S/C19H15N3O2S2.C3H8S/c1-24-14-5-2-11(3-6-14)15-10-25-19(21-15)22-18(23)17-9-12-8-13(20)4-7-16(12)26-17;1-2-3-4/h2-10H,20H2,1H3,(H,21,22,23);4H,2-3H2,1H3. The Morgan fingerprint density at radius 1 is 1.20 bits per heavy atom. The first-order valence-corrected chi connectivity index (χ1v) is 11.7. The first-order valence-electron chi connectivity index (χ1n) is 9.35. The number of nitrogen functional groups attached to an aromatic ring is 1. The Morgan fingerprint density at radius 2 is 1.93 bits per heavy atom. The zero-order valence-electron chi connectivity index (χ0n) is 16.7. The molecule has 0 unspecified atom stereocenters. The molecule has 8 heteroatoms. The van der Waals surface area contributed by atoms with Crippen LogP contribution in [0.3, 0.4) is 0 Å². The molecule has 0 atom stereocenters. The van der Waals surface area contributed by atoms with E-state index in [-0.39, 0.29) is 5.91 Å². The van der Waals surface area contributed by atoms with Crippen LogP contribution in [-0.2, 0) is 0 Å². The average Bonchev–Trinajstić information content (AvgIpc) is 3.40. The van der Waals surface area contributed by atoms with E-state index in [0.717, 1.165) is 32.8 Å². The van der Waals surface area contributed by atoms with Crippen molar-refractivity contribution >= 4 is 62.1 Å². The minimum Gasteiger partial charge on any atom is -0.497 e. The van der Waals surface area contributed by atoms with Gasteiger partial charge in [-0.1, -0.05) is 6.92 Å². The number of nitrogens with zero attached hydrogens (tertiary/aromatic N) is 1. The van der Waals surface area contributed by atoms with Gasteiger partial charge in [-0.2, -0.15) is 12.6 Å². The van der Waals surface area contributed by atoms with Crippen molar-refractivity contribution in [3.05, 3.63) is 58.8 Å². The molecule has 156 valence electrons. The van der Waals surface area contributed by atoms with Crippen LogP contribution in [0.15, 0.2) is 53.9 Å². The summed E-state index contributed by atoms with van der Waals surface area (Å²) in [5, 5.41) is 6.33. The molecule has 3 N–H and O–H groups in total. The summed E-state index contributed by atoms with van der Waals surface area (Å²) in [6.07, 6.45) is 1.18. The van der Waals surface area contributed by atoms with E-state index in [0.29, 0.717) is 15.7 Å². The molecule has 2 heterocycles. The number of methoxy groups -OCH3 is 1. The van der Waals surface area contributed by atoms with Gasteiger partial charge in [0.25, 0.3) is 5.91 Å². The monoisotopic (exact) mass is 457 g/mol. The molecule has 1 amide bonds. The SMILES string of the molecule is CCCS.COc1ccc(-c2csc(NC(=O)c3cc4cc(N)ccc4s3)n2)cc1. The van der Waals surface area contributed by atoms with Crippen molar-refractivity contribution in [2.24, 2.45) is 0 Å². The molecule has 5 nitrogen and oxygen atoms in total. The van der Waals surface area contributed by atoms with Crippen LogP contribution in [0.5, 0.6) is 5.75 Å². The van der Waals surface area contributed by atoms with E-state index in [9.17, 15) is 4.79 Å². The molecule has 30 heavy (non-hydrogen) atoms. The van der Waals surface area contributed by atoms with E-state index < -0.39 is 0 Å². The van der Waals surface area contributed by atoms with Crippen LogP contribution in [-0.4, -0.2) is 23.8 Å². The Hall–Kier alpha value is -2.55. The summed E-state index contributed by atoms with van der Waals surface area (Å²) in [5.41, 5.74) is 8.27. The van der Waals surface area contributed by atoms with Gasteiger partial charge in [0.15, 0.2) is 5.13 Å². The van der Waals surface area contributed by atoms with Gasteiger partial charge in [-0.25, -0.2) is 4.98 Å². The molecule has 0 aliphatic rings. The summed E-state index contributed by atoms with van der Waals surface area (Å²) < 4.78 is 6.19. The molecule has 0 saturated carbocycles. The number of carbonyl (C=O) groups is 1. The minimum absolute atomic E-state index is 0.166. The lowest BCUT2D eigenvalue weighted by Crippen LogP contribution is -2.09. The smallest absolute Gasteiger partial charge is 0.267 e. The summed E-state index contributed by atoms with van der Waals surface area (Å²) in [6, 6.07) is 15.1. The van der Waals surface area contributed by atoms with Gasteiger partial charge in [0.05, 0.1) is 17.7 Å². The van der Waals surface area contributed by atoms with E-state index in [2.05, 4.69) is 29.9 Å².